The van der Waals surface area contributed by atoms with E-state index in [0.29, 0.717) is 12.8 Å². The normalized spacial score (nSPS) is 19.9. The van der Waals surface area contributed by atoms with Crippen LogP contribution < -0.4 is 5.32 Å². The summed E-state index contributed by atoms with van der Waals surface area (Å²) in [6, 6.07) is -0.716. The number of allylic oxidation sites excluding steroid dienone is 4. The number of unbranched alkanes of at least 4 members (excludes halogenated alkanes) is 35. The van der Waals surface area contributed by atoms with Gasteiger partial charge in [0.05, 0.1) is 25.4 Å². The van der Waals surface area contributed by atoms with E-state index in [9.17, 15) is 30.3 Å². The lowest BCUT2D eigenvalue weighted by atomic mass is 9.99. The zero-order valence-corrected chi connectivity index (χ0v) is 43.2. The van der Waals surface area contributed by atoms with Gasteiger partial charge in [-0.2, -0.15) is 0 Å². The predicted octanol–water partition coefficient (Wildman–Crippen LogP) is 13.8. The highest BCUT2D eigenvalue weighted by Gasteiger charge is 2.44. The van der Waals surface area contributed by atoms with Crippen LogP contribution in [0, 0.1) is 0 Å². The van der Waals surface area contributed by atoms with Crippen LogP contribution >= 0.6 is 0 Å². The van der Waals surface area contributed by atoms with Crippen LogP contribution in [0.5, 0.6) is 0 Å². The number of carbonyl (C=O) groups excluding carboxylic acids is 1. The molecular weight excluding hydrogens is 827 g/mol. The fraction of sp³-hybridized carbons (Fsp3) is 0.912. The quantitative estimate of drug-likeness (QED) is 0.0261. The van der Waals surface area contributed by atoms with E-state index in [4.69, 9.17) is 9.47 Å². The third-order valence-corrected chi connectivity index (χ3v) is 13.8. The van der Waals surface area contributed by atoms with Crippen molar-refractivity contribution in [3.63, 3.8) is 0 Å². The van der Waals surface area contributed by atoms with Crippen molar-refractivity contribution in [1.29, 1.82) is 0 Å². The third kappa shape index (κ3) is 36.6. The Kier molecular flexibility index (Phi) is 45.0. The van der Waals surface area contributed by atoms with E-state index in [2.05, 4.69) is 43.5 Å². The summed E-state index contributed by atoms with van der Waals surface area (Å²) in [6.07, 6.45) is 52.2. The minimum atomic E-state index is -1.55. The van der Waals surface area contributed by atoms with Gasteiger partial charge < -0.3 is 40.3 Å². The second-order valence-electron chi connectivity index (χ2n) is 20.1. The highest BCUT2D eigenvalue weighted by molar-refractivity contribution is 5.76. The Balaban J connectivity index is 2.11. The fourth-order valence-corrected chi connectivity index (χ4v) is 9.25. The average Bonchev–Trinajstić information content (AvgIpc) is 3.32. The zero-order chi connectivity index (χ0) is 48.0. The number of amides is 1. The minimum Gasteiger partial charge on any atom is -0.394 e. The number of hydrogen-bond donors (Lipinski definition) is 6. The molecule has 1 saturated heterocycles. The Morgan fingerprint density at radius 1 is 0.515 bits per heavy atom. The van der Waals surface area contributed by atoms with Crippen LogP contribution in [0.4, 0.5) is 0 Å². The molecule has 0 aliphatic carbocycles. The Hall–Kier alpha value is -1.33. The van der Waals surface area contributed by atoms with Crippen LogP contribution in [0.25, 0.3) is 0 Å². The molecule has 0 aromatic rings. The van der Waals surface area contributed by atoms with Gasteiger partial charge in [0.25, 0.3) is 0 Å². The Morgan fingerprint density at radius 2 is 0.894 bits per heavy atom. The second-order valence-corrected chi connectivity index (χ2v) is 20.1. The van der Waals surface area contributed by atoms with Crippen molar-refractivity contribution in [2.45, 2.75) is 320 Å². The summed E-state index contributed by atoms with van der Waals surface area (Å²) in [5.41, 5.74) is 0. The summed E-state index contributed by atoms with van der Waals surface area (Å²) >= 11 is 0. The van der Waals surface area contributed by atoms with Gasteiger partial charge in [-0.1, -0.05) is 250 Å². The monoisotopic (exact) mass is 936 g/mol. The molecule has 9 nitrogen and oxygen atoms in total. The van der Waals surface area contributed by atoms with E-state index in [1.807, 2.05) is 0 Å². The summed E-state index contributed by atoms with van der Waals surface area (Å²) in [5.74, 6) is -0.142. The van der Waals surface area contributed by atoms with Crippen LogP contribution in [0.3, 0.4) is 0 Å². The van der Waals surface area contributed by atoms with Gasteiger partial charge >= 0.3 is 0 Å². The maximum absolute atomic E-state index is 13.0. The molecule has 0 spiro atoms. The lowest BCUT2D eigenvalue weighted by molar-refractivity contribution is -0.302. The molecule has 0 radical (unpaired) electrons. The molecule has 390 valence electrons. The molecule has 1 fully saturated rings. The van der Waals surface area contributed by atoms with Crippen LogP contribution in [-0.2, 0) is 14.3 Å². The zero-order valence-electron chi connectivity index (χ0n) is 43.2. The molecule has 0 saturated carbocycles. The summed E-state index contributed by atoms with van der Waals surface area (Å²) < 4.78 is 11.3. The number of rotatable bonds is 49. The molecule has 7 atom stereocenters. The smallest absolute Gasteiger partial charge is 0.220 e. The second kappa shape index (κ2) is 47.4. The van der Waals surface area contributed by atoms with Crippen LogP contribution in [-0.4, -0.2) is 87.5 Å². The van der Waals surface area contributed by atoms with E-state index in [1.165, 1.54) is 205 Å². The summed E-state index contributed by atoms with van der Waals surface area (Å²) in [5, 5.41) is 54.5. The molecule has 0 aromatic carbocycles. The lowest BCUT2D eigenvalue weighted by Crippen LogP contribution is -2.60. The van der Waals surface area contributed by atoms with Gasteiger partial charge in [-0.15, -0.1) is 0 Å². The first-order valence-electron chi connectivity index (χ1n) is 28.5. The Labute approximate surface area is 407 Å². The maximum atomic E-state index is 13.0. The molecule has 1 aliphatic heterocycles. The van der Waals surface area contributed by atoms with Crippen molar-refractivity contribution in [3.8, 4) is 0 Å². The standard InChI is InChI=1S/C57H109NO8/c1-3-5-7-9-11-13-15-17-18-19-20-21-22-23-24-25-26-27-28-29-30-31-32-33-34-35-37-39-41-43-45-47-53(61)58-50(49-65-57-56(64)55(63)54(62)52(48-59)66-57)51(60)46-44-42-40-38-36-16-14-12-10-8-6-4-2/h20-21,23-24,50-52,54-57,59-60,62-64H,3-19,22,25-49H2,1-2H3,(H,58,61)/b21-20-,24-23-. The number of hydrogen-bond acceptors (Lipinski definition) is 8. The summed E-state index contributed by atoms with van der Waals surface area (Å²) in [4.78, 5) is 13.0. The van der Waals surface area contributed by atoms with Gasteiger partial charge in [-0.05, 0) is 44.9 Å². The summed E-state index contributed by atoms with van der Waals surface area (Å²) in [6.45, 7) is 3.85. The molecule has 6 N–H and O–H groups in total. The van der Waals surface area contributed by atoms with Crippen LogP contribution in [0.1, 0.15) is 277 Å². The fourth-order valence-electron chi connectivity index (χ4n) is 9.25. The molecule has 7 unspecified atom stereocenters. The number of carbonyl (C=O) groups is 1. The largest absolute Gasteiger partial charge is 0.394 e. The van der Waals surface area contributed by atoms with Crippen molar-refractivity contribution in [1.82, 2.24) is 5.32 Å². The van der Waals surface area contributed by atoms with Crippen molar-refractivity contribution in [2.24, 2.45) is 0 Å². The van der Waals surface area contributed by atoms with E-state index < -0.39 is 49.5 Å². The average molecular weight is 936 g/mol. The minimum absolute atomic E-state index is 0.135. The van der Waals surface area contributed by atoms with Gasteiger partial charge in [0.1, 0.15) is 24.4 Å². The molecule has 0 aromatic heterocycles. The molecule has 1 amide bonds. The summed E-state index contributed by atoms with van der Waals surface area (Å²) in [7, 11) is 0. The topological polar surface area (TPSA) is 149 Å². The number of aliphatic hydroxyl groups is 5. The molecule has 1 heterocycles. The van der Waals surface area contributed by atoms with Gasteiger partial charge in [-0.25, -0.2) is 0 Å². The lowest BCUT2D eigenvalue weighted by Gasteiger charge is -2.40. The van der Waals surface area contributed by atoms with E-state index in [-0.39, 0.29) is 12.5 Å². The highest BCUT2D eigenvalue weighted by Crippen LogP contribution is 2.23. The van der Waals surface area contributed by atoms with Crippen molar-refractivity contribution in [3.05, 3.63) is 24.3 Å². The van der Waals surface area contributed by atoms with Crippen molar-refractivity contribution in [2.75, 3.05) is 13.2 Å². The number of nitrogens with one attached hydrogen (secondary N) is 1. The SMILES string of the molecule is CCCCCCCCCCC/C=C\C/C=C\CCCCCCCCCCCCCCCCCC(=O)NC(COC1OC(CO)C(O)C(O)C1O)C(O)CCCCCCCCCCCCCC. The molecule has 0 bridgehead atoms. The molecule has 1 rings (SSSR count). The van der Waals surface area contributed by atoms with E-state index in [1.54, 1.807) is 0 Å². The first-order valence-corrected chi connectivity index (χ1v) is 28.5. The molecular formula is C57H109NO8. The predicted molar refractivity (Wildman–Crippen MR) is 277 cm³/mol. The Morgan fingerprint density at radius 3 is 1.30 bits per heavy atom. The van der Waals surface area contributed by atoms with Crippen LogP contribution in [0.15, 0.2) is 24.3 Å². The molecule has 1 aliphatic rings. The number of ether oxygens (including phenoxy) is 2. The van der Waals surface area contributed by atoms with Gasteiger partial charge in [0.15, 0.2) is 6.29 Å². The molecule has 66 heavy (non-hydrogen) atoms. The first kappa shape index (κ1) is 62.7. The molecule has 9 heteroatoms. The maximum Gasteiger partial charge on any atom is 0.220 e. The van der Waals surface area contributed by atoms with Gasteiger partial charge in [-0.3, -0.25) is 4.79 Å². The van der Waals surface area contributed by atoms with Gasteiger partial charge in [0.2, 0.25) is 5.91 Å². The van der Waals surface area contributed by atoms with Crippen LogP contribution in [0.2, 0.25) is 0 Å². The van der Waals surface area contributed by atoms with E-state index >= 15 is 0 Å². The third-order valence-electron chi connectivity index (χ3n) is 13.8. The first-order chi connectivity index (χ1) is 32.3. The van der Waals surface area contributed by atoms with Gasteiger partial charge in [0, 0.05) is 6.42 Å². The van der Waals surface area contributed by atoms with Crippen molar-refractivity contribution >= 4 is 5.91 Å². The Bertz CT molecular complexity index is 1090. The van der Waals surface area contributed by atoms with E-state index in [0.717, 1.165) is 44.9 Å². The number of aliphatic hydroxyl groups excluding tert-OH is 5. The van der Waals surface area contributed by atoms with Crippen molar-refractivity contribution < 1.29 is 39.8 Å². The highest BCUT2D eigenvalue weighted by atomic mass is 16.7.